The second-order valence-corrected chi connectivity index (χ2v) is 5.23. The molecule has 4 N–H and O–H groups in total. The molecule has 1 atom stereocenters. The molecule has 0 unspecified atom stereocenters. The van der Waals surface area contributed by atoms with Crippen LogP contribution in [-0.4, -0.2) is 29.4 Å². The normalized spacial score (nSPS) is 12.1. The highest BCUT2D eigenvalue weighted by atomic mass is 35.5. The van der Waals surface area contributed by atoms with Gasteiger partial charge in [0.15, 0.2) is 0 Å². The predicted octanol–water partition coefficient (Wildman–Crippen LogP) is 1.08. The smallest absolute Gasteiger partial charge is 0.243 e. The van der Waals surface area contributed by atoms with Gasteiger partial charge in [-0.15, -0.1) is 0 Å². The Morgan fingerprint density at radius 2 is 2.10 bits per heavy atom. The highest BCUT2D eigenvalue weighted by Crippen LogP contribution is 2.15. The van der Waals surface area contributed by atoms with Gasteiger partial charge in [-0.3, -0.25) is 9.59 Å². The Morgan fingerprint density at radius 1 is 1.45 bits per heavy atom. The Balaban J connectivity index is 2.48. The van der Waals surface area contributed by atoms with Gasteiger partial charge in [-0.2, -0.15) is 0 Å². The van der Waals surface area contributed by atoms with E-state index in [1.165, 1.54) is 6.20 Å². The molecule has 0 aromatic carbocycles. The van der Waals surface area contributed by atoms with Crippen molar-refractivity contribution < 1.29 is 9.59 Å². The van der Waals surface area contributed by atoms with E-state index in [1.54, 1.807) is 13.0 Å². The van der Waals surface area contributed by atoms with Gasteiger partial charge in [-0.05, 0) is 24.5 Å². The lowest BCUT2D eigenvalue weighted by Gasteiger charge is -2.15. The van der Waals surface area contributed by atoms with Crippen molar-refractivity contribution in [3.05, 3.63) is 23.0 Å². The third-order valence-corrected chi connectivity index (χ3v) is 3.14. The van der Waals surface area contributed by atoms with Crippen LogP contribution in [0.3, 0.4) is 0 Å². The van der Waals surface area contributed by atoms with E-state index in [9.17, 15) is 9.59 Å². The molecule has 1 aromatic rings. The van der Waals surface area contributed by atoms with Gasteiger partial charge in [-0.25, -0.2) is 4.98 Å². The maximum absolute atomic E-state index is 11.7. The van der Waals surface area contributed by atoms with Crippen LogP contribution < -0.4 is 16.4 Å². The molecule has 0 saturated carbocycles. The van der Waals surface area contributed by atoms with Gasteiger partial charge in [0.05, 0.1) is 24.5 Å². The van der Waals surface area contributed by atoms with Gasteiger partial charge in [-0.1, -0.05) is 25.4 Å². The molecule has 0 radical (unpaired) electrons. The highest BCUT2D eigenvalue weighted by molar-refractivity contribution is 6.30. The number of rotatable bonds is 5. The number of hydrogen-bond acceptors (Lipinski definition) is 4. The summed E-state index contributed by atoms with van der Waals surface area (Å²) in [5.41, 5.74) is 6.95. The molecule has 0 aliphatic rings. The molecular formula is C13H19ClN4O2. The Kier molecular flexibility index (Phi) is 5.91. The minimum absolute atomic E-state index is 0.0150. The lowest BCUT2D eigenvalue weighted by Crippen LogP contribution is -2.46. The second kappa shape index (κ2) is 7.21. The number of hydrogen-bond donors (Lipinski definition) is 3. The third kappa shape index (κ3) is 4.79. The van der Waals surface area contributed by atoms with Crippen molar-refractivity contribution in [2.45, 2.75) is 26.8 Å². The zero-order chi connectivity index (χ0) is 15.3. The highest BCUT2D eigenvalue weighted by Gasteiger charge is 2.17. The zero-order valence-corrected chi connectivity index (χ0v) is 12.5. The molecule has 7 heteroatoms. The van der Waals surface area contributed by atoms with E-state index in [0.717, 1.165) is 5.56 Å². The number of amides is 2. The second-order valence-electron chi connectivity index (χ2n) is 4.87. The van der Waals surface area contributed by atoms with Gasteiger partial charge in [0.25, 0.3) is 0 Å². The fraction of sp³-hybridized carbons (Fsp3) is 0.462. The minimum Gasteiger partial charge on any atom is -0.346 e. The van der Waals surface area contributed by atoms with Crippen molar-refractivity contribution in [2.75, 3.05) is 11.9 Å². The summed E-state index contributed by atoms with van der Waals surface area (Å²) in [6.07, 6.45) is 1.45. The molecule has 0 saturated heterocycles. The van der Waals surface area contributed by atoms with Gasteiger partial charge < -0.3 is 16.4 Å². The maximum Gasteiger partial charge on any atom is 0.243 e. The molecule has 0 aliphatic carbocycles. The molecule has 1 aromatic heterocycles. The summed E-state index contributed by atoms with van der Waals surface area (Å²) in [7, 11) is 0. The van der Waals surface area contributed by atoms with Gasteiger partial charge in [0.2, 0.25) is 11.8 Å². The fourth-order valence-corrected chi connectivity index (χ4v) is 1.52. The summed E-state index contributed by atoms with van der Waals surface area (Å²) < 4.78 is 0. The number of nitrogens with two attached hydrogens (primary N) is 1. The Morgan fingerprint density at radius 3 is 2.65 bits per heavy atom. The van der Waals surface area contributed by atoms with Crippen molar-refractivity contribution in [2.24, 2.45) is 11.7 Å². The monoisotopic (exact) mass is 298 g/mol. The quantitative estimate of drug-likeness (QED) is 0.709. The van der Waals surface area contributed by atoms with Crippen LogP contribution in [0.15, 0.2) is 12.3 Å². The van der Waals surface area contributed by atoms with Crippen LogP contribution in [0.1, 0.15) is 19.4 Å². The predicted molar refractivity (Wildman–Crippen MR) is 78.4 cm³/mol. The maximum atomic E-state index is 11.7. The molecule has 0 bridgehead atoms. The van der Waals surface area contributed by atoms with E-state index in [4.69, 9.17) is 17.3 Å². The van der Waals surface area contributed by atoms with Crippen LogP contribution in [-0.2, 0) is 9.59 Å². The average molecular weight is 299 g/mol. The summed E-state index contributed by atoms with van der Waals surface area (Å²) in [6, 6.07) is 1.08. The standard InChI is InChI=1S/C13H19ClN4O2/c1-7(2)11(15)13(20)17-6-10(19)18-9-4-8(3)12(14)16-5-9/h4-5,7,11H,6,15H2,1-3H3,(H,17,20)(H,18,19)/t11-/m0/s1. The molecule has 1 rings (SSSR count). The largest absolute Gasteiger partial charge is 0.346 e. The van der Waals surface area contributed by atoms with Crippen molar-refractivity contribution in [3.8, 4) is 0 Å². The summed E-state index contributed by atoms with van der Waals surface area (Å²) >= 11 is 5.79. The number of pyridine rings is 1. The number of nitrogens with one attached hydrogen (secondary N) is 2. The summed E-state index contributed by atoms with van der Waals surface area (Å²) in [5, 5.41) is 5.49. The topological polar surface area (TPSA) is 97.1 Å². The Labute approximate surface area is 123 Å². The number of carbonyl (C=O) groups is 2. The molecule has 1 heterocycles. The third-order valence-electron chi connectivity index (χ3n) is 2.74. The van der Waals surface area contributed by atoms with Crippen LogP contribution in [0.4, 0.5) is 5.69 Å². The molecule has 0 fully saturated rings. The van der Waals surface area contributed by atoms with Crippen LogP contribution in [0.5, 0.6) is 0 Å². The van der Waals surface area contributed by atoms with E-state index >= 15 is 0 Å². The van der Waals surface area contributed by atoms with Gasteiger partial charge in [0, 0.05) is 0 Å². The molecule has 110 valence electrons. The van der Waals surface area contributed by atoms with Gasteiger partial charge in [0.1, 0.15) is 5.15 Å². The summed E-state index contributed by atoms with van der Waals surface area (Å²) in [4.78, 5) is 27.2. The molecule has 2 amide bonds. The van der Waals surface area contributed by atoms with E-state index in [0.29, 0.717) is 10.8 Å². The molecular weight excluding hydrogens is 280 g/mol. The minimum atomic E-state index is -0.623. The molecule has 0 aliphatic heterocycles. The molecule has 20 heavy (non-hydrogen) atoms. The Hall–Kier alpha value is -1.66. The average Bonchev–Trinajstić information content (AvgIpc) is 2.39. The molecule has 0 spiro atoms. The number of nitrogens with zero attached hydrogens (tertiary/aromatic N) is 1. The summed E-state index contributed by atoms with van der Waals surface area (Å²) in [6.45, 7) is 5.33. The van der Waals surface area contributed by atoms with Crippen LogP contribution in [0, 0.1) is 12.8 Å². The van der Waals surface area contributed by atoms with E-state index < -0.39 is 6.04 Å². The lowest BCUT2D eigenvalue weighted by atomic mass is 10.1. The van der Waals surface area contributed by atoms with Crippen molar-refractivity contribution >= 4 is 29.1 Å². The first kappa shape index (κ1) is 16.4. The summed E-state index contributed by atoms with van der Waals surface area (Å²) in [5.74, 6) is -0.681. The zero-order valence-electron chi connectivity index (χ0n) is 11.7. The SMILES string of the molecule is Cc1cc(NC(=O)CNC(=O)[C@@H](N)C(C)C)cnc1Cl. The first-order valence-electron chi connectivity index (χ1n) is 6.26. The number of aromatic nitrogens is 1. The van der Waals surface area contributed by atoms with Crippen molar-refractivity contribution in [1.82, 2.24) is 10.3 Å². The first-order chi connectivity index (χ1) is 9.31. The fourth-order valence-electron chi connectivity index (χ4n) is 1.42. The van der Waals surface area contributed by atoms with Crippen LogP contribution >= 0.6 is 11.6 Å². The lowest BCUT2D eigenvalue weighted by molar-refractivity contribution is -0.125. The van der Waals surface area contributed by atoms with E-state index in [1.807, 2.05) is 13.8 Å². The van der Waals surface area contributed by atoms with Crippen molar-refractivity contribution in [3.63, 3.8) is 0 Å². The Bertz CT molecular complexity index is 505. The van der Waals surface area contributed by atoms with Crippen LogP contribution in [0.2, 0.25) is 5.15 Å². The van der Waals surface area contributed by atoms with E-state index in [2.05, 4.69) is 15.6 Å². The van der Waals surface area contributed by atoms with Crippen LogP contribution in [0.25, 0.3) is 0 Å². The number of anilines is 1. The number of carbonyl (C=O) groups excluding carboxylic acids is 2. The van der Waals surface area contributed by atoms with E-state index in [-0.39, 0.29) is 24.3 Å². The number of aryl methyl sites for hydroxylation is 1. The molecule has 6 nitrogen and oxygen atoms in total. The van der Waals surface area contributed by atoms with Gasteiger partial charge >= 0.3 is 0 Å². The van der Waals surface area contributed by atoms with Crippen molar-refractivity contribution in [1.29, 1.82) is 0 Å². The number of halogens is 1. The first-order valence-corrected chi connectivity index (χ1v) is 6.64.